The molecule has 2 aromatic heterocycles. The molecule has 0 unspecified atom stereocenters. The molecule has 2 heterocycles. The van der Waals surface area contributed by atoms with Gasteiger partial charge < -0.3 is 0 Å². The lowest BCUT2D eigenvalue weighted by Gasteiger charge is -1.92. The predicted molar refractivity (Wildman–Crippen MR) is 95.7 cm³/mol. The van der Waals surface area contributed by atoms with Crippen molar-refractivity contribution in [2.75, 3.05) is 0 Å². The first kappa shape index (κ1) is 14.0. The molecular formula is C16H10FIS2. The van der Waals surface area contributed by atoms with Crippen LogP contribution in [0.4, 0.5) is 4.39 Å². The molecule has 3 aromatic rings. The fourth-order valence-electron chi connectivity index (χ4n) is 1.77. The first-order valence-corrected chi connectivity index (χ1v) is 8.71. The topological polar surface area (TPSA) is 0 Å². The second-order valence-corrected chi connectivity index (χ2v) is 8.28. The van der Waals surface area contributed by atoms with Crippen molar-refractivity contribution in [3.05, 3.63) is 67.7 Å². The molecule has 0 fully saturated rings. The van der Waals surface area contributed by atoms with Crippen molar-refractivity contribution in [1.82, 2.24) is 0 Å². The highest BCUT2D eigenvalue weighted by atomic mass is 127. The van der Waals surface area contributed by atoms with E-state index in [1.807, 2.05) is 6.08 Å². The summed E-state index contributed by atoms with van der Waals surface area (Å²) in [5.74, 6) is -0.201. The average molecular weight is 412 g/mol. The van der Waals surface area contributed by atoms with E-state index in [4.69, 9.17) is 0 Å². The van der Waals surface area contributed by atoms with Gasteiger partial charge in [-0.1, -0.05) is 18.2 Å². The van der Waals surface area contributed by atoms with Gasteiger partial charge in [-0.05, 0) is 70.6 Å². The van der Waals surface area contributed by atoms with Crippen LogP contribution in [-0.4, -0.2) is 0 Å². The fraction of sp³-hybridized carbons (Fsp3) is 0. The molecule has 0 amide bonds. The molecule has 0 aliphatic rings. The highest BCUT2D eigenvalue weighted by molar-refractivity contribution is 14.1. The van der Waals surface area contributed by atoms with Crippen LogP contribution in [0.5, 0.6) is 0 Å². The van der Waals surface area contributed by atoms with Crippen molar-refractivity contribution in [2.24, 2.45) is 0 Å². The van der Waals surface area contributed by atoms with Gasteiger partial charge in [-0.2, -0.15) is 0 Å². The van der Waals surface area contributed by atoms with Crippen LogP contribution in [-0.2, 0) is 0 Å². The smallest absolute Gasteiger partial charge is 0.123 e. The summed E-state index contributed by atoms with van der Waals surface area (Å²) in [5, 5.41) is 0. The van der Waals surface area contributed by atoms with E-state index in [0.717, 1.165) is 5.56 Å². The van der Waals surface area contributed by atoms with Crippen molar-refractivity contribution in [3.63, 3.8) is 0 Å². The molecule has 0 nitrogen and oxygen atoms in total. The monoisotopic (exact) mass is 412 g/mol. The van der Waals surface area contributed by atoms with Crippen LogP contribution in [0.3, 0.4) is 0 Å². The van der Waals surface area contributed by atoms with Gasteiger partial charge in [0.25, 0.3) is 0 Å². The van der Waals surface area contributed by atoms with Gasteiger partial charge in [0.05, 0.1) is 2.88 Å². The number of rotatable bonds is 3. The molecule has 0 N–H and O–H groups in total. The third-order valence-electron chi connectivity index (χ3n) is 2.75. The molecule has 0 radical (unpaired) electrons. The Hall–Kier alpha value is -0.980. The summed E-state index contributed by atoms with van der Waals surface area (Å²) in [5.41, 5.74) is 1.01. The second-order valence-electron chi connectivity index (χ2n) is 4.19. The summed E-state index contributed by atoms with van der Waals surface area (Å²) in [6.07, 6.45) is 4.08. The molecule has 0 bridgehead atoms. The lowest BCUT2D eigenvalue weighted by molar-refractivity contribution is 0.628. The van der Waals surface area contributed by atoms with E-state index in [-0.39, 0.29) is 5.82 Å². The molecule has 0 spiro atoms. The van der Waals surface area contributed by atoms with Gasteiger partial charge in [0.15, 0.2) is 0 Å². The highest BCUT2D eigenvalue weighted by Crippen LogP contribution is 2.34. The summed E-state index contributed by atoms with van der Waals surface area (Å²) in [6.45, 7) is 0. The van der Waals surface area contributed by atoms with Crippen molar-refractivity contribution in [2.45, 2.75) is 0 Å². The Morgan fingerprint density at radius 3 is 2.20 bits per heavy atom. The van der Waals surface area contributed by atoms with E-state index < -0.39 is 0 Å². The van der Waals surface area contributed by atoms with E-state index in [2.05, 4.69) is 52.9 Å². The molecular weight excluding hydrogens is 402 g/mol. The third kappa shape index (κ3) is 3.37. The summed E-state index contributed by atoms with van der Waals surface area (Å²) in [6, 6.07) is 15.1. The molecule has 0 aliphatic carbocycles. The zero-order valence-corrected chi connectivity index (χ0v) is 14.1. The number of hydrogen-bond acceptors (Lipinski definition) is 2. The minimum atomic E-state index is -0.201. The number of benzene rings is 1. The van der Waals surface area contributed by atoms with Crippen LogP contribution in [0, 0.1) is 8.70 Å². The SMILES string of the molecule is Fc1ccc(/C=C/c2ccc(-c3ccc(I)s3)s2)cc1. The first-order valence-electron chi connectivity index (χ1n) is 6.00. The van der Waals surface area contributed by atoms with Crippen molar-refractivity contribution < 1.29 is 4.39 Å². The number of thiophene rings is 2. The molecule has 0 atom stereocenters. The molecule has 0 saturated carbocycles. The molecule has 0 saturated heterocycles. The molecule has 100 valence electrons. The zero-order chi connectivity index (χ0) is 13.9. The Morgan fingerprint density at radius 1 is 0.800 bits per heavy atom. The van der Waals surface area contributed by atoms with E-state index in [1.54, 1.807) is 34.8 Å². The Bertz CT molecular complexity index is 738. The maximum absolute atomic E-state index is 12.8. The largest absolute Gasteiger partial charge is 0.207 e. The van der Waals surface area contributed by atoms with Gasteiger partial charge in [0, 0.05) is 14.6 Å². The van der Waals surface area contributed by atoms with Gasteiger partial charge in [-0.15, -0.1) is 22.7 Å². The van der Waals surface area contributed by atoms with E-state index in [0.29, 0.717) is 0 Å². The molecule has 0 aliphatic heterocycles. The van der Waals surface area contributed by atoms with Crippen LogP contribution in [0.2, 0.25) is 0 Å². The van der Waals surface area contributed by atoms with Crippen LogP contribution in [0.15, 0.2) is 48.5 Å². The third-order valence-corrected chi connectivity index (χ3v) is 5.89. The Balaban J connectivity index is 1.78. The Morgan fingerprint density at radius 2 is 1.50 bits per heavy atom. The van der Waals surface area contributed by atoms with Gasteiger partial charge >= 0.3 is 0 Å². The lowest BCUT2D eigenvalue weighted by atomic mass is 10.2. The summed E-state index contributed by atoms with van der Waals surface area (Å²) in [7, 11) is 0. The molecule has 4 heteroatoms. The van der Waals surface area contributed by atoms with E-state index in [1.165, 1.54) is 29.6 Å². The Kier molecular flexibility index (Phi) is 4.33. The standard InChI is InChI=1S/C16H10FIS2/c17-12-4-1-11(2-5-12)3-6-13-7-8-14(19-13)15-9-10-16(18)20-15/h1-10H/b6-3+. The second kappa shape index (κ2) is 6.20. The highest BCUT2D eigenvalue weighted by Gasteiger charge is 2.03. The quantitative estimate of drug-likeness (QED) is 0.438. The fourth-order valence-corrected chi connectivity index (χ4v) is 4.40. The summed E-state index contributed by atoms with van der Waals surface area (Å²) in [4.78, 5) is 3.80. The maximum Gasteiger partial charge on any atom is 0.123 e. The van der Waals surface area contributed by atoms with Gasteiger partial charge in [-0.3, -0.25) is 0 Å². The molecule has 20 heavy (non-hydrogen) atoms. The summed E-state index contributed by atoms with van der Waals surface area (Å²) >= 11 is 5.91. The minimum Gasteiger partial charge on any atom is -0.207 e. The van der Waals surface area contributed by atoms with Gasteiger partial charge in [0.2, 0.25) is 0 Å². The predicted octanol–water partition coefficient (Wildman–Crippen LogP) is 6.39. The van der Waals surface area contributed by atoms with Crippen LogP contribution in [0.25, 0.3) is 21.9 Å². The van der Waals surface area contributed by atoms with E-state index >= 15 is 0 Å². The minimum absolute atomic E-state index is 0.201. The van der Waals surface area contributed by atoms with E-state index in [9.17, 15) is 4.39 Å². The summed E-state index contributed by atoms with van der Waals surface area (Å²) < 4.78 is 14.1. The molecule has 1 aromatic carbocycles. The normalized spacial score (nSPS) is 11.3. The average Bonchev–Trinajstić information content (AvgIpc) is 3.07. The zero-order valence-electron chi connectivity index (χ0n) is 10.3. The van der Waals surface area contributed by atoms with Crippen molar-refractivity contribution >= 4 is 57.4 Å². The molecule has 3 rings (SSSR count). The first-order chi connectivity index (χ1) is 9.70. The number of hydrogen-bond donors (Lipinski definition) is 0. The maximum atomic E-state index is 12.8. The van der Waals surface area contributed by atoms with Gasteiger partial charge in [-0.25, -0.2) is 4.39 Å². The van der Waals surface area contributed by atoms with Gasteiger partial charge in [0.1, 0.15) is 5.82 Å². The van der Waals surface area contributed by atoms with Crippen LogP contribution in [0.1, 0.15) is 10.4 Å². The van der Waals surface area contributed by atoms with Crippen LogP contribution < -0.4 is 0 Å². The lowest BCUT2D eigenvalue weighted by Crippen LogP contribution is -1.73. The van der Waals surface area contributed by atoms with Crippen molar-refractivity contribution in [1.29, 1.82) is 0 Å². The van der Waals surface area contributed by atoms with Crippen molar-refractivity contribution in [3.8, 4) is 9.75 Å². The van der Waals surface area contributed by atoms with Crippen LogP contribution >= 0.6 is 45.3 Å². The number of halogens is 2. The Labute approximate surface area is 138 Å².